The molecule has 0 spiro atoms. The molecular formula is C11H9F2N3O2. The van der Waals surface area contributed by atoms with Crippen molar-refractivity contribution in [2.75, 3.05) is 6.61 Å². The summed E-state index contributed by atoms with van der Waals surface area (Å²) in [6, 6.07) is 2.89. The number of ether oxygens (including phenoxy) is 1. The van der Waals surface area contributed by atoms with Gasteiger partial charge < -0.3 is 4.74 Å². The highest BCUT2D eigenvalue weighted by molar-refractivity contribution is 5.86. The predicted octanol–water partition coefficient (Wildman–Crippen LogP) is 1.72. The molecule has 0 aliphatic rings. The molecule has 0 N–H and O–H groups in total. The second kappa shape index (κ2) is 4.91. The average molecular weight is 253 g/mol. The van der Waals surface area contributed by atoms with Gasteiger partial charge in [0.2, 0.25) is 0 Å². The van der Waals surface area contributed by atoms with Crippen molar-refractivity contribution in [1.29, 1.82) is 0 Å². The van der Waals surface area contributed by atoms with E-state index in [9.17, 15) is 13.6 Å². The lowest BCUT2D eigenvalue weighted by Gasteiger charge is -2.00. The highest BCUT2D eigenvalue weighted by atomic mass is 19.1. The minimum absolute atomic E-state index is 0.0264. The number of carbonyl (C=O) groups is 1. The Bertz CT molecular complexity index is 563. The van der Waals surface area contributed by atoms with Gasteiger partial charge in [0, 0.05) is 6.07 Å². The van der Waals surface area contributed by atoms with Crippen LogP contribution >= 0.6 is 0 Å². The number of hydrogen-bond donors (Lipinski definition) is 0. The summed E-state index contributed by atoms with van der Waals surface area (Å²) in [5, 5.41) is 7.17. The van der Waals surface area contributed by atoms with Crippen LogP contribution in [0.1, 0.15) is 17.4 Å². The van der Waals surface area contributed by atoms with Crippen LogP contribution in [0.25, 0.3) is 5.69 Å². The molecule has 0 amide bonds. The molecular weight excluding hydrogens is 244 g/mol. The summed E-state index contributed by atoms with van der Waals surface area (Å²) in [5.74, 6) is -2.11. The number of benzene rings is 1. The maximum atomic E-state index is 13.0. The molecule has 18 heavy (non-hydrogen) atoms. The van der Waals surface area contributed by atoms with E-state index >= 15 is 0 Å². The summed E-state index contributed by atoms with van der Waals surface area (Å²) in [6.07, 6.45) is 1.24. The van der Waals surface area contributed by atoms with Gasteiger partial charge in [-0.2, -0.15) is 0 Å². The van der Waals surface area contributed by atoms with Gasteiger partial charge in [0.15, 0.2) is 5.69 Å². The fourth-order valence-electron chi connectivity index (χ4n) is 1.36. The number of hydrogen-bond acceptors (Lipinski definition) is 4. The number of esters is 1. The summed E-state index contributed by atoms with van der Waals surface area (Å²) in [4.78, 5) is 11.3. The third-order valence-corrected chi connectivity index (χ3v) is 2.09. The lowest BCUT2D eigenvalue weighted by molar-refractivity contribution is 0.0519. The second-order valence-electron chi connectivity index (χ2n) is 3.40. The molecule has 1 heterocycles. The summed E-state index contributed by atoms with van der Waals surface area (Å²) in [6.45, 7) is 1.87. The summed E-state index contributed by atoms with van der Waals surface area (Å²) >= 11 is 0. The van der Waals surface area contributed by atoms with Crippen molar-refractivity contribution in [2.45, 2.75) is 6.92 Å². The van der Waals surface area contributed by atoms with Crippen molar-refractivity contribution < 1.29 is 18.3 Å². The molecule has 0 radical (unpaired) electrons. The van der Waals surface area contributed by atoms with Crippen LogP contribution < -0.4 is 0 Å². The molecule has 0 atom stereocenters. The van der Waals surface area contributed by atoms with Crippen LogP contribution in [0.3, 0.4) is 0 Å². The first-order chi connectivity index (χ1) is 8.60. The Morgan fingerprint density at radius 3 is 2.61 bits per heavy atom. The van der Waals surface area contributed by atoms with Crippen LogP contribution in [0, 0.1) is 11.6 Å². The van der Waals surface area contributed by atoms with Crippen LogP contribution in [0.4, 0.5) is 8.78 Å². The quantitative estimate of drug-likeness (QED) is 0.781. The molecule has 2 rings (SSSR count). The Kier molecular flexibility index (Phi) is 3.31. The van der Waals surface area contributed by atoms with Crippen LogP contribution in [0.15, 0.2) is 24.4 Å². The number of aromatic nitrogens is 3. The zero-order valence-corrected chi connectivity index (χ0v) is 9.43. The van der Waals surface area contributed by atoms with Gasteiger partial charge in [-0.1, -0.05) is 5.21 Å². The molecule has 2 aromatic rings. The number of carbonyl (C=O) groups excluding carboxylic acids is 1. The Balaban J connectivity index is 2.32. The van der Waals surface area contributed by atoms with E-state index in [2.05, 4.69) is 10.3 Å². The van der Waals surface area contributed by atoms with Gasteiger partial charge in [-0.3, -0.25) is 0 Å². The lowest BCUT2D eigenvalue weighted by Crippen LogP contribution is -2.04. The van der Waals surface area contributed by atoms with Crippen LogP contribution in [0.2, 0.25) is 0 Å². The van der Waals surface area contributed by atoms with E-state index < -0.39 is 17.6 Å². The monoisotopic (exact) mass is 253 g/mol. The first-order valence-corrected chi connectivity index (χ1v) is 5.16. The van der Waals surface area contributed by atoms with E-state index in [1.54, 1.807) is 6.92 Å². The smallest absolute Gasteiger partial charge is 0.360 e. The van der Waals surface area contributed by atoms with Gasteiger partial charge in [-0.05, 0) is 19.1 Å². The van der Waals surface area contributed by atoms with Gasteiger partial charge in [0.05, 0.1) is 18.5 Å². The fraction of sp³-hybridized carbons (Fsp3) is 0.182. The molecule has 0 saturated carbocycles. The van der Waals surface area contributed by atoms with Gasteiger partial charge in [0.25, 0.3) is 0 Å². The first-order valence-electron chi connectivity index (χ1n) is 5.16. The van der Waals surface area contributed by atoms with E-state index in [1.807, 2.05) is 0 Å². The van der Waals surface area contributed by atoms with E-state index in [4.69, 9.17) is 4.74 Å². The Hall–Kier alpha value is -2.31. The van der Waals surface area contributed by atoms with E-state index in [1.165, 1.54) is 6.20 Å². The predicted molar refractivity (Wildman–Crippen MR) is 57.2 cm³/mol. The molecule has 94 valence electrons. The highest BCUT2D eigenvalue weighted by Crippen LogP contribution is 2.12. The number of halogens is 2. The average Bonchev–Trinajstić information content (AvgIpc) is 2.77. The molecule has 0 unspecified atom stereocenters. The standard InChI is InChI=1S/C11H9F2N3O2/c1-2-18-11(17)10-6-16(15-14-10)9-4-7(12)3-8(13)5-9/h3-6H,2H2,1H3. The maximum absolute atomic E-state index is 13.0. The van der Waals surface area contributed by atoms with E-state index in [0.717, 1.165) is 22.9 Å². The summed E-state index contributed by atoms with van der Waals surface area (Å²) in [5.41, 5.74) is 0.108. The molecule has 5 nitrogen and oxygen atoms in total. The summed E-state index contributed by atoms with van der Waals surface area (Å²) in [7, 11) is 0. The van der Waals surface area contributed by atoms with E-state index in [-0.39, 0.29) is 18.0 Å². The molecule has 0 aliphatic heterocycles. The zero-order valence-electron chi connectivity index (χ0n) is 9.43. The van der Waals surface area contributed by atoms with Gasteiger partial charge in [-0.15, -0.1) is 5.10 Å². The third kappa shape index (κ3) is 2.50. The van der Waals surface area contributed by atoms with Gasteiger partial charge in [-0.25, -0.2) is 18.3 Å². The molecule has 7 heteroatoms. The minimum atomic E-state index is -0.738. The zero-order chi connectivity index (χ0) is 13.1. The van der Waals surface area contributed by atoms with Crippen molar-refractivity contribution in [1.82, 2.24) is 15.0 Å². The first kappa shape index (κ1) is 12.2. The molecule has 1 aromatic carbocycles. The number of nitrogens with zero attached hydrogens (tertiary/aromatic N) is 3. The van der Waals surface area contributed by atoms with Crippen molar-refractivity contribution in [3.63, 3.8) is 0 Å². The lowest BCUT2D eigenvalue weighted by atomic mass is 10.3. The van der Waals surface area contributed by atoms with Crippen molar-refractivity contribution in [3.05, 3.63) is 41.7 Å². The van der Waals surface area contributed by atoms with E-state index in [0.29, 0.717) is 0 Å². The molecule has 0 bridgehead atoms. The SMILES string of the molecule is CCOC(=O)c1cn(-c2cc(F)cc(F)c2)nn1. The second-order valence-corrected chi connectivity index (χ2v) is 3.40. The molecule has 0 saturated heterocycles. The van der Waals surface area contributed by atoms with Crippen LogP contribution in [0.5, 0.6) is 0 Å². The molecule has 0 fully saturated rings. The van der Waals surface area contributed by atoms with Gasteiger partial charge in [0.1, 0.15) is 11.6 Å². The Morgan fingerprint density at radius 2 is 2.00 bits per heavy atom. The normalized spacial score (nSPS) is 10.4. The summed E-state index contributed by atoms with van der Waals surface area (Å²) < 4.78 is 31.8. The largest absolute Gasteiger partial charge is 0.461 e. The van der Waals surface area contributed by atoms with Crippen LogP contribution in [-0.2, 0) is 4.74 Å². The van der Waals surface area contributed by atoms with Gasteiger partial charge >= 0.3 is 5.97 Å². The maximum Gasteiger partial charge on any atom is 0.360 e. The van der Waals surface area contributed by atoms with Crippen molar-refractivity contribution >= 4 is 5.97 Å². The van der Waals surface area contributed by atoms with Crippen molar-refractivity contribution in [2.24, 2.45) is 0 Å². The minimum Gasteiger partial charge on any atom is -0.461 e. The van der Waals surface area contributed by atoms with Crippen molar-refractivity contribution in [3.8, 4) is 5.69 Å². The number of rotatable bonds is 3. The Morgan fingerprint density at radius 1 is 1.33 bits per heavy atom. The van der Waals surface area contributed by atoms with Crippen LogP contribution in [-0.4, -0.2) is 27.6 Å². The third-order valence-electron chi connectivity index (χ3n) is 2.09. The highest BCUT2D eigenvalue weighted by Gasteiger charge is 2.13. The molecule has 0 aliphatic carbocycles. The Labute approximate surface area is 101 Å². The topological polar surface area (TPSA) is 57.0 Å². The molecule has 1 aromatic heterocycles. The fourth-order valence-corrected chi connectivity index (χ4v) is 1.36.